The summed E-state index contributed by atoms with van der Waals surface area (Å²) >= 11 is 0. The van der Waals surface area contributed by atoms with Crippen molar-refractivity contribution in [3.8, 4) is 0 Å². The van der Waals surface area contributed by atoms with Gasteiger partial charge in [0.25, 0.3) is 0 Å². The van der Waals surface area contributed by atoms with Gasteiger partial charge < -0.3 is 14.2 Å². The molecule has 0 aliphatic rings. The molecule has 0 aromatic heterocycles. The van der Waals surface area contributed by atoms with Gasteiger partial charge in [-0.25, -0.2) is 8.78 Å². The molecular weight excluding hydrogens is 544 g/mol. The predicted molar refractivity (Wildman–Crippen MR) is 82.8 cm³/mol. The maximum atomic E-state index is 13.4. The zero-order valence-electron chi connectivity index (χ0n) is 17.4. The molecule has 0 bridgehead atoms. The van der Waals surface area contributed by atoms with Crippen molar-refractivity contribution in [2.75, 3.05) is 13.2 Å². The van der Waals surface area contributed by atoms with Gasteiger partial charge in [-0.05, 0) is 13.8 Å². The predicted octanol–water partition coefficient (Wildman–Crippen LogP) is 6.85. The highest BCUT2D eigenvalue weighted by Crippen LogP contribution is 2.44. The molecule has 0 fully saturated rings. The molecule has 0 aromatic carbocycles. The van der Waals surface area contributed by atoms with E-state index in [0.29, 0.717) is 0 Å². The van der Waals surface area contributed by atoms with Crippen molar-refractivity contribution in [2.24, 2.45) is 0 Å². The first-order valence-corrected chi connectivity index (χ1v) is 9.11. The molecule has 0 aromatic rings. The fourth-order valence-corrected chi connectivity index (χ4v) is 2.14. The first-order valence-electron chi connectivity index (χ1n) is 9.11. The zero-order chi connectivity index (χ0) is 28.3. The van der Waals surface area contributed by atoms with Crippen molar-refractivity contribution in [3.05, 3.63) is 0 Å². The Hall–Kier alpha value is -1.24. The third-order valence-electron chi connectivity index (χ3n) is 3.85. The molecule has 0 N–H and O–H groups in total. The third-order valence-corrected chi connectivity index (χ3v) is 3.85. The summed E-state index contributed by atoms with van der Waals surface area (Å²) in [5, 5.41) is 0. The SMILES string of the molecule is CC(COC(F)(F)C(F)(F)C(F)CC(F)(F)F)OC(C)COC(F)(F)C(F)(F)C(F)CC(F)(F)F. The summed E-state index contributed by atoms with van der Waals surface area (Å²) in [4.78, 5) is 0. The minimum Gasteiger partial charge on any atom is -0.371 e. The Morgan fingerprint density at radius 3 is 1.00 bits per heavy atom. The van der Waals surface area contributed by atoms with Crippen LogP contribution in [0.25, 0.3) is 0 Å². The van der Waals surface area contributed by atoms with Gasteiger partial charge in [0.1, 0.15) is 0 Å². The van der Waals surface area contributed by atoms with Crippen molar-refractivity contribution >= 4 is 0 Å². The van der Waals surface area contributed by atoms with Crippen LogP contribution >= 0.6 is 0 Å². The van der Waals surface area contributed by atoms with E-state index in [1.54, 1.807) is 0 Å². The Balaban J connectivity index is 4.90. The second-order valence-electron chi connectivity index (χ2n) is 7.23. The quantitative estimate of drug-likeness (QED) is 0.217. The van der Waals surface area contributed by atoms with E-state index in [-0.39, 0.29) is 0 Å². The standard InChI is InChI=1S/C16H18F16O3/c1-7(5-33-15(29,30)13(25,26)9(17)3-11(19,20)21)35-8(2)6-34-16(31,32)14(27,28)10(18)4-12(22,23)24/h7-10H,3-6H2,1-2H3. The number of ether oxygens (including phenoxy) is 3. The smallest absolute Gasteiger partial charge is 0.371 e. The van der Waals surface area contributed by atoms with Gasteiger partial charge >= 0.3 is 36.4 Å². The Labute approximate surface area is 186 Å². The third kappa shape index (κ3) is 10.3. The molecule has 3 nitrogen and oxygen atoms in total. The number of rotatable bonds is 14. The van der Waals surface area contributed by atoms with Gasteiger partial charge in [-0.1, -0.05) is 0 Å². The van der Waals surface area contributed by atoms with Crippen molar-refractivity contribution in [2.45, 2.75) is 87.7 Å². The summed E-state index contributed by atoms with van der Waals surface area (Å²) in [5.74, 6) is -11.9. The fraction of sp³-hybridized carbons (Fsp3) is 1.00. The van der Waals surface area contributed by atoms with E-state index in [1.165, 1.54) is 0 Å². The molecule has 0 aliphatic heterocycles. The molecule has 19 heteroatoms. The molecule has 0 spiro atoms. The highest BCUT2D eigenvalue weighted by Gasteiger charge is 2.66. The first-order chi connectivity index (χ1) is 15.3. The van der Waals surface area contributed by atoms with E-state index in [4.69, 9.17) is 0 Å². The summed E-state index contributed by atoms with van der Waals surface area (Å²) in [5.41, 5.74) is 0. The van der Waals surface area contributed by atoms with Gasteiger partial charge in [-0.15, -0.1) is 0 Å². The number of alkyl halides is 16. The van der Waals surface area contributed by atoms with E-state index in [1.807, 2.05) is 0 Å². The van der Waals surface area contributed by atoms with Crippen LogP contribution < -0.4 is 0 Å². The Kier molecular flexibility index (Phi) is 11.0. The lowest BCUT2D eigenvalue weighted by Crippen LogP contribution is -2.52. The highest BCUT2D eigenvalue weighted by atomic mass is 19.4. The highest BCUT2D eigenvalue weighted by molar-refractivity contribution is 4.88. The first kappa shape index (κ1) is 33.8. The van der Waals surface area contributed by atoms with Crippen molar-refractivity contribution < 1.29 is 84.5 Å². The largest absolute Gasteiger partial charge is 0.422 e. The molecule has 0 radical (unpaired) electrons. The minimum atomic E-state index is -5.97. The average molecular weight is 562 g/mol. The molecule has 0 heterocycles. The van der Waals surface area contributed by atoms with Crippen molar-refractivity contribution in [3.63, 3.8) is 0 Å². The Bertz CT molecular complexity index is 594. The number of halogens is 16. The topological polar surface area (TPSA) is 27.7 Å². The van der Waals surface area contributed by atoms with E-state index in [2.05, 4.69) is 14.2 Å². The van der Waals surface area contributed by atoms with Gasteiger partial charge in [0.05, 0.1) is 38.3 Å². The Morgan fingerprint density at radius 2 is 0.771 bits per heavy atom. The molecule has 4 unspecified atom stereocenters. The Morgan fingerprint density at radius 1 is 0.514 bits per heavy atom. The molecule has 4 atom stereocenters. The normalized spacial score (nSPS) is 18.3. The maximum absolute atomic E-state index is 13.4. The second kappa shape index (κ2) is 11.4. The van der Waals surface area contributed by atoms with E-state index < -0.39 is 87.0 Å². The van der Waals surface area contributed by atoms with Crippen LogP contribution in [0.15, 0.2) is 0 Å². The lowest BCUT2D eigenvalue weighted by Gasteiger charge is -2.31. The van der Waals surface area contributed by atoms with Crippen LogP contribution in [0.4, 0.5) is 70.2 Å². The molecule has 0 aliphatic carbocycles. The zero-order valence-corrected chi connectivity index (χ0v) is 17.4. The van der Waals surface area contributed by atoms with Crippen LogP contribution in [-0.2, 0) is 14.2 Å². The summed E-state index contributed by atoms with van der Waals surface area (Å²) in [6.07, 6.45) is -41.1. The van der Waals surface area contributed by atoms with Crippen LogP contribution in [0.3, 0.4) is 0 Å². The summed E-state index contributed by atoms with van der Waals surface area (Å²) in [6.45, 7) is -1.76. The number of hydrogen-bond donors (Lipinski definition) is 0. The molecule has 212 valence electrons. The van der Waals surface area contributed by atoms with Gasteiger partial charge in [0.15, 0.2) is 12.3 Å². The van der Waals surface area contributed by atoms with Crippen molar-refractivity contribution in [1.29, 1.82) is 0 Å². The lowest BCUT2D eigenvalue weighted by atomic mass is 10.1. The van der Waals surface area contributed by atoms with Crippen LogP contribution in [0.1, 0.15) is 26.7 Å². The van der Waals surface area contributed by atoms with E-state index >= 15 is 0 Å². The van der Waals surface area contributed by atoms with Crippen LogP contribution in [0.5, 0.6) is 0 Å². The van der Waals surface area contributed by atoms with E-state index in [9.17, 15) is 70.2 Å². The molecule has 0 rings (SSSR count). The van der Waals surface area contributed by atoms with Gasteiger partial charge in [0, 0.05) is 0 Å². The van der Waals surface area contributed by atoms with E-state index in [0.717, 1.165) is 13.8 Å². The van der Waals surface area contributed by atoms with Gasteiger partial charge in [0.2, 0.25) is 0 Å². The monoisotopic (exact) mass is 562 g/mol. The average Bonchev–Trinajstić information content (AvgIpc) is 2.61. The minimum absolute atomic E-state index is 0.737. The molecule has 0 saturated carbocycles. The molecule has 0 amide bonds. The van der Waals surface area contributed by atoms with Gasteiger partial charge in [-0.3, -0.25) is 0 Å². The van der Waals surface area contributed by atoms with Crippen molar-refractivity contribution in [1.82, 2.24) is 0 Å². The molecule has 35 heavy (non-hydrogen) atoms. The second-order valence-corrected chi connectivity index (χ2v) is 7.23. The van der Waals surface area contributed by atoms with Crippen LogP contribution in [-0.4, -0.2) is 74.2 Å². The van der Waals surface area contributed by atoms with Gasteiger partial charge in [-0.2, -0.15) is 61.5 Å². The maximum Gasteiger partial charge on any atom is 0.422 e. The summed E-state index contributed by atoms with van der Waals surface area (Å²) in [7, 11) is 0. The summed E-state index contributed by atoms with van der Waals surface area (Å²) < 4.78 is 216. The molecule has 0 saturated heterocycles. The summed E-state index contributed by atoms with van der Waals surface area (Å²) in [6, 6.07) is 0. The molecular formula is C16H18F16O3. The lowest BCUT2D eigenvalue weighted by molar-refractivity contribution is -0.375. The van der Waals surface area contributed by atoms with Crippen LogP contribution in [0, 0.1) is 0 Å². The fourth-order valence-electron chi connectivity index (χ4n) is 2.14. The number of hydrogen-bond acceptors (Lipinski definition) is 3. The van der Waals surface area contributed by atoms with Crippen LogP contribution in [0.2, 0.25) is 0 Å².